The van der Waals surface area contributed by atoms with Crippen LogP contribution in [-0.4, -0.2) is 37.1 Å². The molecule has 0 fully saturated rings. The SMILES string of the molecule is CCCCOC(=O)CCC(=O)[O-].CCCCOC(=O)CCC(=O)[O-].[Cd+2]. The van der Waals surface area contributed by atoms with Crippen LogP contribution in [0.3, 0.4) is 0 Å². The van der Waals surface area contributed by atoms with Gasteiger partial charge in [0.25, 0.3) is 0 Å². The molecule has 0 unspecified atom stereocenters. The van der Waals surface area contributed by atoms with E-state index in [0.29, 0.717) is 13.2 Å². The molecule has 0 spiro atoms. The Bertz CT molecular complexity index is 348. The number of carboxylic acid groups (broad SMARTS) is 2. The first-order valence-corrected chi connectivity index (χ1v) is 8.04. The maximum Gasteiger partial charge on any atom is 2.00 e. The molecule has 0 aromatic heterocycles. The predicted octanol–water partition coefficient (Wildman–Crippen LogP) is -0.283. The number of carbonyl (C=O) groups is 4. The minimum absolute atomic E-state index is 0. The third-order valence-electron chi connectivity index (χ3n) is 2.59. The number of unbranched alkanes of at least 4 members (excludes halogenated alkanes) is 2. The van der Waals surface area contributed by atoms with Crippen LogP contribution in [0.5, 0.6) is 0 Å². The summed E-state index contributed by atoms with van der Waals surface area (Å²) in [6.07, 6.45) is 2.84. The van der Waals surface area contributed by atoms with Gasteiger partial charge in [-0.3, -0.25) is 9.59 Å². The van der Waals surface area contributed by atoms with Crippen LogP contribution in [0.25, 0.3) is 0 Å². The third kappa shape index (κ3) is 27.9. The second-order valence-corrected chi connectivity index (χ2v) is 4.89. The van der Waals surface area contributed by atoms with Crippen LogP contribution < -0.4 is 10.2 Å². The van der Waals surface area contributed by atoms with Gasteiger partial charge in [-0.25, -0.2) is 0 Å². The summed E-state index contributed by atoms with van der Waals surface area (Å²) in [5.41, 5.74) is 0. The van der Waals surface area contributed by atoms with Crippen LogP contribution >= 0.6 is 0 Å². The molecule has 0 aromatic carbocycles. The van der Waals surface area contributed by atoms with Gasteiger partial charge in [-0.1, -0.05) is 26.7 Å². The van der Waals surface area contributed by atoms with Gasteiger partial charge in [0.2, 0.25) is 0 Å². The Kier molecular flexibility index (Phi) is 23.8. The van der Waals surface area contributed by atoms with Gasteiger partial charge in [-0.2, -0.15) is 0 Å². The molecule has 0 aliphatic heterocycles. The van der Waals surface area contributed by atoms with E-state index in [2.05, 4.69) is 0 Å². The van der Waals surface area contributed by atoms with Crippen molar-refractivity contribution in [2.75, 3.05) is 13.2 Å². The summed E-state index contributed by atoms with van der Waals surface area (Å²) in [5, 5.41) is 19.8. The van der Waals surface area contributed by atoms with E-state index in [-0.39, 0.29) is 53.0 Å². The predicted molar refractivity (Wildman–Crippen MR) is 80.2 cm³/mol. The second-order valence-electron chi connectivity index (χ2n) is 4.89. The average molecular weight is 459 g/mol. The van der Waals surface area contributed by atoms with Crippen molar-refractivity contribution in [3.63, 3.8) is 0 Å². The van der Waals surface area contributed by atoms with Crippen LogP contribution in [0.2, 0.25) is 0 Å². The van der Waals surface area contributed by atoms with E-state index in [1.165, 1.54) is 0 Å². The monoisotopic (exact) mass is 460 g/mol. The minimum Gasteiger partial charge on any atom is -0.550 e. The second kappa shape index (κ2) is 20.8. The Labute approximate surface area is 168 Å². The number of aliphatic carboxylic acids is 2. The van der Waals surface area contributed by atoms with Crippen molar-refractivity contribution in [1.29, 1.82) is 0 Å². The van der Waals surface area contributed by atoms with Gasteiger partial charge in [-0.15, -0.1) is 0 Å². The molecule has 0 heterocycles. The van der Waals surface area contributed by atoms with Crippen LogP contribution in [0.15, 0.2) is 0 Å². The molecule has 25 heavy (non-hydrogen) atoms. The van der Waals surface area contributed by atoms with E-state index in [1.54, 1.807) is 0 Å². The van der Waals surface area contributed by atoms with Gasteiger partial charge in [0.1, 0.15) is 0 Å². The number of carbonyl (C=O) groups excluding carboxylic acids is 4. The summed E-state index contributed by atoms with van der Waals surface area (Å²) in [6.45, 7) is 4.72. The van der Waals surface area contributed by atoms with E-state index >= 15 is 0 Å². The number of rotatable bonds is 12. The van der Waals surface area contributed by atoms with Gasteiger partial charge in [0.05, 0.1) is 26.1 Å². The van der Waals surface area contributed by atoms with Crippen LogP contribution in [0, 0.1) is 0 Å². The number of hydrogen-bond acceptors (Lipinski definition) is 8. The molecule has 0 saturated carbocycles. The fourth-order valence-electron chi connectivity index (χ4n) is 1.21. The molecule has 0 radical (unpaired) electrons. The molecule has 0 aliphatic carbocycles. The molecule has 9 heteroatoms. The van der Waals surface area contributed by atoms with Gasteiger partial charge >= 0.3 is 39.2 Å². The van der Waals surface area contributed by atoms with E-state index in [4.69, 9.17) is 9.47 Å². The third-order valence-corrected chi connectivity index (χ3v) is 2.59. The number of hydrogen-bond donors (Lipinski definition) is 0. The first-order chi connectivity index (χ1) is 11.3. The van der Waals surface area contributed by atoms with Gasteiger partial charge in [0.15, 0.2) is 0 Å². The summed E-state index contributed by atoms with van der Waals surface area (Å²) in [5.74, 6) is -3.37. The summed E-state index contributed by atoms with van der Waals surface area (Å²) in [4.78, 5) is 41.2. The Morgan fingerprint density at radius 1 is 0.680 bits per heavy atom. The zero-order chi connectivity index (χ0) is 18.8. The van der Waals surface area contributed by atoms with Crippen molar-refractivity contribution in [3.05, 3.63) is 0 Å². The zero-order valence-corrected chi connectivity index (χ0v) is 19.1. The molecule has 0 bridgehead atoms. The Balaban J connectivity index is -0.000000372. The zero-order valence-electron chi connectivity index (χ0n) is 15.0. The normalized spacial score (nSPS) is 9.04. The topological polar surface area (TPSA) is 133 Å². The largest absolute Gasteiger partial charge is 2.00 e. The van der Waals surface area contributed by atoms with Crippen molar-refractivity contribution in [1.82, 2.24) is 0 Å². The van der Waals surface area contributed by atoms with Crippen molar-refractivity contribution in [2.24, 2.45) is 0 Å². The summed E-state index contributed by atoms with van der Waals surface area (Å²) >= 11 is 0. The smallest absolute Gasteiger partial charge is 0.550 e. The quantitative estimate of drug-likeness (QED) is 0.221. The molecule has 0 N–H and O–H groups in total. The van der Waals surface area contributed by atoms with Gasteiger partial charge < -0.3 is 29.3 Å². The molecule has 8 nitrogen and oxygen atoms in total. The van der Waals surface area contributed by atoms with E-state index < -0.39 is 23.9 Å². The molecule has 0 saturated heterocycles. The van der Waals surface area contributed by atoms with Crippen molar-refractivity contribution < 1.29 is 66.2 Å². The fourth-order valence-corrected chi connectivity index (χ4v) is 1.21. The van der Waals surface area contributed by atoms with Crippen molar-refractivity contribution in [3.8, 4) is 0 Å². The summed E-state index contributed by atoms with van der Waals surface area (Å²) < 4.78 is 9.41. The molecule has 0 atom stereocenters. The van der Waals surface area contributed by atoms with Crippen LogP contribution in [-0.2, 0) is 56.0 Å². The number of carboxylic acids is 2. The van der Waals surface area contributed by atoms with Gasteiger partial charge in [-0.05, 0) is 25.7 Å². The first-order valence-electron chi connectivity index (χ1n) is 8.04. The van der Waals surface area contributed by atoms with E-state index in [1.807, 2.05) is 13.8 Å². The van der Waals surface area contributed by atoms with Crippen LogP contribution in [0.1, 0.15) is 65.2 Å². The van der Waals surface area contributed by atoms with Crippen molar-refractivity contribution in [2.45, 2.75) is 65.2 Å². The maximum absolute atomic E-state index is 10.7. The first kappa shape index (κ1) is 28.6. The molecule has 0 rings (SSSR count). The summed E-state index contributed by atoms with van der Waals surface area (Å²) in [6, 6.07) is 0. The molecule has 0 aliphatic rings. The molecule has 0 amide bonds. The summed E-state index contributed by atoms with van der Waals surface area (Å²) in [7, 11) is 0. The fraction of sp³-hybridized carbons (Fsp3) is 0.750. The Morgan fingerprint density at radius 2 is 1.00 bits per heavy atom. The minimum atomic E-state index is -1.22. The number of esters is 2. The van der Waals surface area contributed by atoms with Crippen molar-refractivity contribution >= 4 is 23.9 Å². The maximum atomic E-state index is 10.7. The number of ether oxygens (including phenoxy) is 2. The Morgan fingerprint density at radius 3 is 1.24 bits per heavy atom. The molecule has 0 aromatic rings. The standard InChI is InChI=1S/2C8H14O4.Cd/c2*1-2-3-6-12-8(11)5-4-7(9)10;/h2*2-6H2,1H3,(H,9,10);/q;;+2/p-2. The van der Waals surface area contributed by atoms with Gasteiger partial charge in [0, 0.05) is 11.9 Å². The van der Waals surface area contributed by atoms with E-state index in [0.717, 1.165) is 25.7 Å². The average Bonchev–Trinajstić information content (AvgIpc) is 2.52. The molecule has 140 valence electrons. The van der Waals surface area contributed by atoms with Crippen LogP contribution in [0.4, 0.5) is 0 Å². The Hall–Kier alpha value is -1.20. The van der Waals surface area contributed by atoms with E-state index in [9.17, 15) is 29.4 Å². The molecular weight excluding hydrogens is 433 g/mol. The molecular formula is C16H26CdO8.